The van der Waals surface area contributed by atoms with Crippen molar-refractivity contribution in [1.82, 2.24) is 0 Å². The Hall–Kier alpha value is -2.81. The van der Waals surface area contributed by atoms with Gasteiger partial charge in [-0.1, -0.05) is 66.7 Å². The first-order chi connectivity index (χ1) is 15.7. The van der Waals surface area contributed by atoms with E-state index in [2.05, 4.69) is 36.4 Å². The number of carbonyl (C=O) groups excluding carboxylic acids is 1. The summed E-state index contributed by atoms with van der Waals surface area (Å²) in [6, 6.07) is 37.7. The first-order valence-electron chi connectivity index (χ1n) is 10.8. The lowest BCUT2D eigenvalue weighted by atomic mass is 10.3. The summed E-state index contributed by atoms with van der Waals surface area (Å²) in [5, 5.41) is 3.52. The van der Waals surface area contributed by atoms with E-state index in [1.807, 2.05) is 54.6 Å². The Balaban J connectivity index is 0.00000259. The Labute approximate surface area is 205 Å². The summed E-state index contributed by atoms with van der Waals surface area (Å²) < 4.78 is 14.6. The van der Waals surface area contributed by atoms with Crippen molar-refractivity contribution in [2.24, 2.45) is 0 Å². The SMILES string of the molecule is O=C1[C@H]([P+](c2ccccc2)(c2ccccc2)c2ccccc2)CCN1c1ccccc1F.[Br-]. The fourth-order valence-electron chi connectivity index (χ4n) is 4.91. The second-order valence-corrected chi connectivity index (χ2v) is 11.6. The summed E-state index contributed by atoms with van der Waals surface area (Å²) in [4.78, 5) is 15.7. The van der Waals surface area contributed by atoms with E-state index in [0.717, 1.165) is 0 Å². The highest BCUT2D eigenvalue weighted by Gasteiger charge is 2.58. The van der Waals surface area contributed by atoms with Gasteiger partial charge in [0.2, 0.25) is 0 Å². The smallest absolute Gasteiger partial charge is 0.269 e. The molecule has 0 spiro atoms. The van der Waals surface area contributed by atoms with Crippen LogP contribution in [0.25, 0.3) is 0 Å². The van der Waals surface area contributed by atoms with Crippen molar-refractivity contribution in [3.63, 3.8) is 0 Å². The molecule has 2 nitrogen and oxygen atoms in total. The Bertz CT molecular complexity index is 1120. The van der Waals surface area contributed by atoms with Crippen LogP contribution < -0.4 is 37.8 Å². The number of amides is 1. The van der Waals surface area contributed by atoms with Crippen molar-refractivity contribution in [2.45, 2.75) is 12.1 Å². The zero-order valence-electron chi connectivity index (χ0n) is 18.0. The molecule has 0 bridgehead atoms. The molecule has 4 aromatic carbocycles. The second kappa shape index (κ2) is 9.99. The van der Waals surface area contributed by atoms with Crippen LogP contribution in [0.3, 0.4) is 0 Å². The molecule has 5 rings (SSSR count). The molecular weight excluding hydrogens is 496 g/mol. The van der Waals surface area contributed by atoms with Gasteiger partial charge in [0.05, 0.1) is 5.69 Å². The topological polar surface area (TPSA) is 20.3 Å². The summed E-state index contributed by atoms with van der Waals surface area (Å²) in [6.45, 7) is 0.513. The lowest BCUT2D eigenvalue weighted by molar-refractivity contribution is -0.116. The van der Waals surface area contributed by atoms with E-state index in [0.29, 0.717) is 18.7 Å². The van der Waals surface area contributed by atoms with Gasteiger partial charge in [-0.2, -0.15) is 0 Å². The Kier molecular flexibility index (Phi) is 7.07. The van der Waals surface area contributed by atoms with Crippen molar-refractivity contribution >= 4 is 34.8 Å². The summed E-state index contributed by atoms with van der Waals surface area (Å²) >= 11 is 0. The molecule has 1 fully saturated rings. The number of hydrogen-bond donors (Lipinski definition) is 0. The largest absolute Gasteiger partial charge is 1.00 e. The Morgan fingerprint density at radius 2 is 1.09 bits per heavy atom. The van der Waals surface area contributed by atoms with Crippen molar-refractivity contribution < 1.29 is 26.2 Å². The third kappa shape index (κ3) is 4.03. The zero-order chi connectivity index (χ0) is 22.0. The van der Waals surface area contributed by atoms with E-state index >= 15 is 0 Å². The average Bonchev–Trinajstić information content (AvgIpc) is 3.23. The van der Waals surface area contributed by atoms with Crippen LogP contribution in [0.2, 0.25) is 0 Å². The van der Waals surface area contributed by atoms with Crippen LogP contribution in [0.1, 0.15) is 6.42 Å². The van der Waals surface area contributed by atoms with Gasteiger partial charge in [0.25, 0.3) is 5.91 Å². The van der Waals surface area contributed by atoms with Gasteiger partial charge in [0, 0.05) is 13.0 Å². The molecule has 0 radical (unpaired) electrons. The van der Waals surface area contributed by atoms with Gasteiger partial charge in [0.1, 0.15) is 29.0 Å². The Morgan fingerprint density at radius 3 is 1.55 bits per heavy atom. The molecule has 1 saturated heterocycles. The number of benzene rings is 4. The molecule has 166 valence electrons. The second-order valence-electron chi connectivity index (χ2n) is 7.98. The number of para-hydroxylation sites is 1. The van der Waals surface area contributed by atoms with Crippen LogP contribution in [0.4, 0.5) is 10.1 Å². The highest BCUT2D eigenvalue weighted by molar-refractivity contribution is 7.97. The third-order valence-electron chi connectivity index (χ3n) is 6.28. The molecule has 1 atom stereocenters. The van der Waals surface area contributed by atoms with Crippen molar-refractivity contribution in [1.29, 1.82) is 0 Å². The lowest BCUT2D eigenvalue weighted by Gasteiger charge is -2.32. The van der Waals surface area contributed by atoms with E-state index in [-0.39, 0.29) is 34.4 Å². The quantitative estimate of drug-likeness (QED) is 0.369. The monoisotopic (exact) mass is 519 g/mol. The van der Waals surface area contributed by atoms with Crippen molar-refractivity contribution in [3.05, 3.63) is 121 Å². The highest BCUT2D eigenvalue weighted by atomic mass is 79.9. The molecule has 1 aliphatic rings. The number of anilines is 1. The van der Waals surface area contributed by atoms with Gasteiger partial charge in [-0.05, 0) is 48.5 Å². The van der Waals surface area contributed by atoms with Crippen molar-refractivity contribution in [2.75, 3.05) is 11.4 Å². The van der Waals surface area contributed by atoms with Crippen LogP contribution in [0.5, 0.6) is 0 Å². The van der Waals surface area contributed by atoms with Gasteiger partial charge in [0.15, 0.2) is 5.66 Å². The summed E-state index contributed by atoms with van der Waals surface area (Å²) in [5.74, 6) is -0.357. The number of hydrogen-bond acceptors (Lipinski definition) is 1. The van der Waals surface area contributed by atoms with E-state index in [4.69, 9.17) is 0 Å². The molecule has 0 aliphatic carbocycles. The van der Waals surface area contributed by atoms with E-state index in [9.17, 15) is 9.18 Å². The van der Waals surface area contributed by atoms with Crippen LogP contribution in [-0.2, 0) is 4.79 Å². The molecule has 0 aromatic heterocycles. The van der Waals surface area contributed by atoms with Crippen molar-refractivity contribution in [3.8, 4) is 0 Å². The average molecular weight is 520 g/mol. The summed E-state index contributed by atoms with van der Waals surface area (Å²) in [5.41, 5.74) is 0.113. The van der Waals surface area contributed by atoms with Crippen LogP contribution >= 0.6 is 7.26 Å². The molecule has 1 aliphatic heterocycles. The molecular formula is C28H24BrFNOP. The van der Waals surface area contributed by atoms with Gasteiger partial charge in [-0.3, -0.25) is 4.79 Å². The predicted octanol–water partition coefficient (Wildman–Crippen LogP) is 1.93. The molecule has 0 unspecified atom stereocenters. The number of carbonyl (C=O) groups is 1. The summed E-state index contributed by atoms with van der Waals surface area (Å²) in [7, 11) is -2.34. The minimum atomic E-state index is -2.34. The van der Waals surface area contributed by atoms with Crippen LogP contribution in [-0.4, -0.2) is 18.1 Å². The first-order valence-corrected chi connectivity index (χ1v) is 12.7. The first kappa shape index (κ1) is 23.4. The normalized spacial score (nSPS) is 15.8. The molecule has 1 heterocycles. The maximum absolute atomic E-state index is 14.6. The Morgan fingerprint density at radius 1 is 0.667 bits per heavy atom. The molecule has 1 amide bonds. The zero-order valence-corrected chi connectivity index (χ0v) is 20.5. The van der Waals surface area contributed by atoms with Gasteiger partial charge in [-0.25, -0.2) is 4.39 Å². The van der Waals surface area contributed by atoms with Crippen LogP contribution in [0.15, 0.2) is 115 Å². The predicted molar refractivity (Wildman–Crippen MR) is 132 cm³/mol. The van der Waals surface area contributed by atoms with Crippen LogP contribution in [0, 0.1) is 5.82 Å². The third-order valence-corrected chi connectivity index (χ3v) is 11.0. The fourth-order valence-corrected chi connectivity index (χ4v) is 9.79. The maximum atomic E-state index is 14.6. The lowest BCUT2D eigenvalue weighted by Crippen LogP contribution is -3.00. The fraction of sp³-hybridized carbons (Fsp3) is 0.107. The maximum Gasteiger partial charge on any atom is 0.269 e. The van der Waals surface area contributed by atoms with E-state index in [1.54, 1.807) is 23.1 Å². The van der Waals surface area contributed by atoms with Gasteiger partial charge in [-0.15, -0.1) is 0 Å². The minimum absolute atomic E-state index is 0. The molecule has 33 heavy (non-hydrogen) atoms. The number of rotatable bonds is 5. The summed E-state index contributed by atoms with van der Waals surface area (Å²) in [6.07, 6.45) is 0.680. The standard InChI is InChI=1S/C28H24FNOP.BrH/c29-25-18-10-11-19-26(25)30-21-20-27(28(30)31)32(22-12-4-1-5-13-22,23-14-6-2-7-15-23)24-16-8-3-9-17-24;/h1-19,27H,20-21H2;1H/q+1;/p-1/t27-;/m1./s1. The number of halogens is 2. The van der Waals surface area contributed by atoms with Gasteiger partial charge < -0.3 is 21.9 Å². The van der Waals surface area contributed by atoms with Gasteiger partial charge >= 0.3 is 0 Å². The molecule has 4 aromatic rings. The molecule has 5 heteroatoms. The highest BCUT2D eigenvalue weighted by Crippen LogP contribution is 2.62. The number of nitrogens with zero attached hydrogens (tertiary/aromatic N) is 1. The van der Waals surface area contributed by atoms with E-state index < -0.39 is 7.26 Å². The minimum Gasteiger partial charge on any atom is -1.00 e. The van der Waals surface area contributed by atoms with E-state index in [1.165, 1.54) is 22.0 Å². The molecule has 0 saturated carbocycles. The molecule has 0 N–H and O–H groups in total.